The van der Waals surface area contributed by atoms with Gasteiger partial charge in [0.1, 0.15) is 17.1 Å². The third-order valence-electron chi connectivity index (χ3n) is 2.46. The van der Waals surface area contributed by atoms with Crippen LogP contribution in [0.1, 0.15) is 16.3 Å². The van der Waals surface area contributed by atoms with Gasteiger partial charge in [0.25, 0.3) is 0 Å². The van der Waals surface area contributed by atoms with E-state index in [9.17, 15) is 4.79 Å². The highest BCUT2D eigenvalue weighted by Gasteiger charge is 2.19. The quantitative estimate of drug-likeness (QED) is 0.818. The van der Waals surface area contributed by atoms with Gasteiger partial charge in [-0.05, 0) is 19.2 Å². The van der Waals surface area contributed by atoms with Crippen LogP contribution in [0.15, 0.2) is 18.3 Å². The standard InChI is InChI=1S/C11H13N3O3/c1-12-6-8-13-9(11(15)16)10-7(17-2)4-3-5-14(8)10/h3-5,12H,6H2,1-2H3,(H,15,16). The topological polar surface area (TPSA) is 75.9 Å². The number of rotatable bonds is 4. The zero-order chi connectivity index (χ0) is 12.4. The molecular formula is C11H13N3O3. The molecule has 2 aromatic rings. The number of hydrogen-bond donors (Lipinski definition) is 2. The highest BCUT2D eigenvalue weighted by molar-refractivity contribution is 5.95. The maximum absolute atomic E-state index is 11.1. The van der Waals surface area contributed by atoms with E-state index in [-0.39, 0.29) is 5.69 Å². The van der Waals surface area contributed by atoms with E-state index in [0.717, 1.165) is 0 Å². The van der Waals surface area contributed by atoms with Gasteiger partial charge >= 0.3 is 5.97 Å². The molecule has 0 atom stereocenters. The molecule has 6 nitrogen and oxygen atoms in total. The fourth-order valence-electron chi connectivity index (χ4n) is 1.77. The van der Waals surface area contributed by atoms with Gasteiger partial charge in [-0.3, -0.25) is 4.40 Å². The molecule has 0 saturated heterocycles. The van der Waals surface area contributed by atoms with Crippen molar-refractivity contribution < 1.29 is 14.6 Å². The van der Waals surface area contributed by atoms with Gasteiger partial charge in [0.15, 0.2) is 5.69 Å². The number of aromatic nitrogens is 2. The zero-order valence-corrected chi connectivity index (χ0v) is 9.60. The van der Waals surface area contributed by atoms with Gasteiger partial charge in [0.2, 0.25) is 0 Å². The second-order valence-corrected chi connectivity index (χ2v) is 3.51. The first kappa shape index (κ1) is 11.4. The maximum Gasteiger partial charge on any atom is 0.356 e. The van der Waals surface area contributed by atoms with Crippen molar-refractivity contribution in [3.63, 3.8) is 0 Å². The van der Waals surface area contributed by atoms with E-state index >= 15 is 0 Å². The minimum Gasteiger partial charge on any atom is -0.494 e. The highest BCUT2D eigenvalue weighted by Crippen LogP contribution is 2.24. The molecule has 0 aliphatic carbocycles. The molecule has 2 aromatic heterocycles. The Bertz CT molecular complexity index is 562. The van der Waals surface area contributed by atoms with Crippen LogP contribution < -0.4 is 10.1 Å². The minimum atomic E-state index is -1.06. The van der Waals surface area contributed by atoms with Gasteiger partial charge in [-0.25, -0.2) is 9.78 Å². The van der Waals surface area contributed by atoms with Gasteiger partial charge in [-0.2, -0.15) is 0 Å². The number of carboxylic acid groups (broad SMARTS) is 1. The van der Waals surface area contributed by atoms with Crippen LogP contribution in [0.4, 0.5) is 0 Å². The molecular weight excluding hydrogens is 222 g/mol. The molecule has 2 heterocycles. The summed E-state index contributed by atoms with van der Waals surface area (Å²) in [6, 6.07) is 3.50. The Morgan fingerprint density at radius 1 is 1.65 bits per heavy atom. The number of imidazole rings is 1. The predicted molar refractivity (Wildman–Crippen MR) is 61.5 cm³/mol. The van der Waals surface area contributed by atoms with Crippen molar-refractivity contribution in [3.8, 4) is 5.75 Å². The van der Waals surface area contributed by atoms with Crippen molar-refractivity contribution in [2.45, 2.75) is 6.54 Å². The highest BCUT2D eigenvalue weighted by atomic mass is 16.5. The Balaban J connectivity index is 2.76. The summed E-state index contributed by atoms with van der Waals surface area (Å²) in [4.78, 5) is 15.3. The van der Waals surface area contributed by atoms with Crippen LogP contribution in [0.5, 0.6) is 5.75 Å². The van der Waals surface area contributed by atoms with Crippen molar-refractivity contribution >= 4 is 11.5 Å². The molecule has 0 fully saturated rings. The van der Waals surface area contributed by atoms with Gasteiger partial charge in [0.05, 0.1) is 13.7 Å². The van der Waals surface area contributed by atoms with E-state index in [1.165, 1.54) is 7.11 Å². The first-order valence-corrected chi connectivity index (χ1v) is 5.11. The van der Waals surface area contributed by atoms with E-state index in [4.69, 9.17) is 9.84 Å². The summed E-state index contributed by atoms with van der Waals surface area (Å²) in [5.41, 5.74) is 0.487. The number of ether oxygens (including phenoxy) is 1. The largest absolute Gasteiger partial charge is 0.494 e. The minimum absolute atomic E-state index is 0.00713. The van der Waals surface area contributed by atoms with Crippen molar-refractivity contribution in [1.29, 1.82) is 0 Å². The smallest absolute Gasteiger partial charge is 0.356 e. The number of carbonyl (C=O) groups is 1. The molecule has 0 unspecified atom stereocenters. The van der Waals surface area contributed by atoms with Crippen molar-refractivity contribution in [2.24, 2.45) is 0 Å². The van der Waals surface area contributed by atoms with E-state index in [0.29, 0.717) is 23.6 Å². The third kappa shape index (κ3) is 1.83. The second-order valence-electron chi connectivity index (χ2n) is 3.51. The summed E-state index contributed by atoms with van der Waals surface area (Å²) < 4.78 is 6.89. The second kappa shape index (κ2) is 4.42. The van der Waals surface area contributed by atoms with Crippen molar-refractivity contribution in [1.82, 2.24) is 14.7 Å². The van der Waals surface area contributed by atoms with Gasteiger partial charge in [-0.15, -0.1) is 0 Å². The number of carboxylic acids is 1. The number of fused-ring (bicyclic) bond motifs is 1. The summed E-state index contributed by atoms with van der Waals surface area (Å²) in [5, 5.41) is 12.1. The van der Waals surface area contributed by atoms with Crippen LogP contribution >= 0.6 is 0 Å². The lowest BCUT2D eigenvalue weighted by Crippen LogP contribution is -2.08. The number of nitrogens with one attached hydrogen (secondary N) is 1. The third-order valence-corrected chi connectivity index (χ3v) is 2.46. The number of nitrogens with zero attached hydrogens (tertiary/aromatic N) is 2. The Morgan fingerprint density at radius 2 is 2.41 bits per heavy atom. The van der Waals surface area contributed by atoms with Gasteiger partial charge < -0.3 is 15.2 Å². The van der Waals surface area contributed by atoms with Crippen LogP contribution in [0.25, 0.3) is 5.52 Å². The lowest BCUT2D eigenvalue weighted by atomic mass is 10.3. The molecule has 2 N–H and O–H groups in total. The molecule has 0 amide bonds. The summed E-state index contributed by atoms with van der Waals surface area (Å²) >= 11 is 0. The SMILES string of the molecule is CNCc1nc(C(=O)O)c2c(OC)cccn12. The van der Waals surface area contributed by atoms with Crippen LogP contribution in [0.3, 0.4) is 0 Å². The van der Waals surface area contributed by atoms with Crippen molar-refractivity contribution in [3.05, 3.63) is 29.8 Å². The average Bonchev–Trinajstić information content (AvgIpc) is 2.69. The van der Waals surface area contributed by atoms with Crippen LogP contribution in [0, 0.1) is 0 Å². The molecule has 90 valence electrons. The average molecular weight is 235 g/mol. The van der Waals surface area contributed by atoms with Crippen LogP contribution in [-0.4, -0.2) is 34.6 Å². The molecule has 0 bridgehead atoms. The normalized spacial score (nSPS) is 10.7. The van der Waals surface area contributed by atoms with E-state index in [1.807, 2.05) is 0 Å². The molecule has 0 aliphatic rings. The first-order valence-electron chi connectivity index (χ1n) is 5.11. The molecule has 0 spiro atoms. The fraction of sp³-hybridized carbons (Fsp3) is 0.273. The summed E-state index contributed by atoms with van der Waals surface area (Å²) in [6.45, 7) is 0.488. The molecule has 6 heteroatoms. The fourth-order valence-corrected chi connectivity index (χ4v) is 1.77. The number of methoxy groups -OCH3 is 1. The predicted octanol–water partition coefficient (Wildman–Crippen LogP) is 0.761. The molecule has 0 radical (unpaired) electrons. The molecule has 0 aliphatic heterocycles. The Morgan fingerprint density at radius 3 is 3.00 bits per heavy atom. The van der Waals surface area contributed by atoms with Crippen LogP contribution in [0.2, 0.25) is 0 Å². The van der Waals surface area contributed by atoms with Crippen molar-refractivity contribution in [2.75, 3.05) is 14.2 Å². The zero-order valence-electron chi connectivity index (χ0n) is 9.60. The summed E-state index contributed by atoms with van der Waals surface area (Å²) in [5.74, 6) is 0.0768. The molecule has 2 rings (SSSR count). The van der Waals surface area contributed by atoms with Crippen LogP contribution in [-0.2, 0) is 6.54 Å². The number of pyridine rings is 1. The molecule has 0 saturated carbocycles. The Hall–Kier alpha value is -2.08. The molecule has 17 heavy (non-hydrogen) atoms. The van der Waals surface area contributed by atoms with E-state index in [2.05, 4.69) is 10.3 Å². The maximum atomic E-state index is 11.1. The van der Waals surface area contributed by atoms with Gasteiger partial charge in [-0.1, -0.05) is 0 Å². The van der Waals surface area contributed by atoms with E-state index < -0.39 is 5.97 Å². The Kier molecular flexibility index (Phi) is 2.97. The Labute approximate surface area is 97.8 Å². The number of aromatic carboxylic acids is 1. The van der Waals surface area contributed by atoms with E-state index in [1.54, 1.807) is 29.8 Å². The summed E-state index contributed by atoms with van der Waals surface area (Å²) in [6.07, 6.45) is 1.77. The number of hydrogen-bond acceptors (Lipinski definition) is 4. The van der Waals surface area contributed by atoms with Gasteiger partial charge in [0, 0.05) is 6.20 Å². The summed E-state index contributed by atoms with van der Waals surface area (Å²) in [7, 11) is 3.29. The lowest BCUT2D eigenvalue weighted by molar-refractivity contribution is 0.0693. The lowest BCUT2D eigenvalue weighted by Gasteiger charge is -2.04. The monoisotopic (exact) mass is 235 g/mol. The molecule has 0 aromatic carbocycles. The first-order chi connectivity index (χ1) is 8.19.